The van der Waals surface area contributed by atoms with Gasteiger partial charge in [-0.25, -0.2) is 4.79 Å². The van der Waals surface area contributed by atoms with Crippen LogP contribution in [-0.2, 0) is 0 Å². The first-order valence-electron chi connectivity index (χ1n) is 6.50. The van der Waals surface area contributed by atoms with Crippen LogP contribution in [0.2, 0.25) is 0 Å². The highest BCUT2D eigenvalue weighted by Gasteiger charge is 2.09. The van der Waals surface area contributed by atoms with Gasteiger partial charge in [0.15, 0.2) is 0 Å². The number of ether oxygens (including phenoxy) is 2. The highest BCUT2D eigenvalue weighted by atomic mass is 32.1. The molecule has 0 amide bonds. The maximum Gasteiger partial charge on any atom is 0.343 e. The Kier molecular flexibility index (Phi) is 4.11. The van der Waals surface area contributed by atoms with Crippen molar-refractivity contribution in [2.45, 2.75) is 0 Å². The summed E-state index contributed by atoms with van der Waals surface area (Å²) in [6, 6.07) is 13.9. The van der Waals surface area contributed by atoms with E-state index in [0.29, 0.717) is 17.1 Å². The second-order valence-corrected chi connectivity index (χ2v) is 5.04. The third kappa shape index (κ3) is 3.12. The van der Waals surface area contributed by atoms with Crippen LogP contribution in [0.3, 0.4) is 0 Å². The fraction of sp³-hybridized carbons (Fsp3) is 0.0625. The van der Waals surface area contributed by atoms with E-state index in [4.69, 9.17) is 9.47 Å². The van der Waals surface area contributed by atoms with Gasteiger partial charge in [-0.2, -0.15) is 0 Å². The Labute approximate surface area is 131 Å². The molecule has 0 aliphatic rings. The van der Waals surface area contributed by atoms with Crippen LogP contribution in [0, 0.1) is 0 Å². The number of benzene rings is 2. The van der Waals surface area contributed by atoms with Gasteiger partial charge in [-0.15, -0.1) is 5.10 Å². The van der Waals surface area contributed by atoms with Crippen molar-refractivity contribution >= 4 is 17.5 Å². The Morgan fingerprint density at radius 1 is 1.00 bits per heavy atom. The maximum absolute atomic E-state index is 12.0. The smallest absolute Gasteiger partial charge is 0.343 e. The molecule has 0 saturated carbocycles. The zero-order chi connectivity index (χ0) is 15.4. The van der Waals surface area contributed by atoms with E-state index in [9.17, 15) is 4.79 Å². The molecule has 3 aromatic rings. The van der Waals surface area contributed by atoms with Crippen molar-refractivity contribution in [1.29, 1.82) is 0 Å². The first kappa shape index (κ1) is 14.2. The van der Waals surface area contributed by atoms with Crippen LogP contribution in [-0.4, -0.2) is 22.7 Å². The van der Waals surface area contributed by atoms with Crippen molar-refractivity contribution < 1.29 is 14.3 Å². The number of hydrogen-bond donors (Lipinski definition) is 0. The SMILES string of the molecule is COc1ccc(C(=O)Oc2ccc(-c3csnn3)cc2)cc1. The predicted molar refractivity (Wildman–Crippen MR) is 83.3 cm³/mol. The molecule has 6 heteroatoms. The molecule has 3 rings (SSSR count). The molecule has 0 radical (unpaired) electrons. The van der Waals surface area contributed by atoms with Gasteiger partial charge < -0.3 is 9.47 Å². The van der Waals surface area contributed by atoms with Gasteiger partial charge in [0.05, 0.1) is 12.7 Å². The predicted octanol–water partition coefficient (Wildman–Crippen LogP) is 3.43. The van der Waals surface area contributed by atoms with Crippen LogP contribution < -0.4 is 9.47 Å². The lowest BCUT2D eigenvalue weighted by atomic mass is 10.2. The lowest BCUT2D eigenvalue weighted by Gasteiger charge is -2.06. The fourth-order valence-electron chi connectivity index (χ4n) is 1.88. The molecular weight excluding hydrogens is 300 g/mol. The van der Waals surface area contributed by atoms with Crippen molar-refractivity contribution in [2.24, 2.45) is 0 Å². The number of methoxy groups -OCH3 is 1. The largest absolute Gasteiger partial charge is 0.497 e. The van der Waals surface area contributed by atoms with Crippen LogP contribution >= 0.6 is 11.5 Å². The summed E-state index contributed by atoms with van der Waals surface area (Å²) in [5.41, 5.74) is 2.20. The minimum Gasteiger partial charge on any atom is -0.497 e. The quantitative estimate of drug-likeness (QED) is 0.545. The second-order valence-electron chi connectivity index (χ2n) is 4.43. The van der Waals surface area contributed by atoms with E-state index in [-0.39, 0.29) is 0 Å². The maximum atomic E-state index is 12.0. The highest BCUT2D eigenvalue weighted by Crippen LogP contribution is 2.22. The van der Waals surface area contributed by atoms with E-state index in [1.165, 1.54) is 11.5 Å². The molecule has 0 saturated heterocycles. The average molecular weight is 312 g/mol. The van der Waals surface area contributed by atoms with E-state index < -0.39 is 5.97 Å². The number of carbonyl (C=O) groups is 1. The first-order valence-corrected chi connectivity index (χ1v) is 7.33. The molecule has 0 bridgehead atoms. The molecule has 1 heterocycles. The summed E-state index contributed by atoms with van der Waals surface area (Å²) in [5, 5.41) is 5.85. The second kappa shape index (κ2) is 6.36. The molecule has 0 aliphatic carbocycles. The van der Waals surface area contributed by atoms with Gasteiger partial charge in [0, 0.05) is 10.9 Å². The molecule has 22 heavy (non-hydrogen) atoms. The molecule has 0 fully saturated rings. The Hall–Kier alpha value is -2.73. The monoisotopic (exact) mass is 312 g/mol. The lowest BCUT2D eigenvalue weighted by Crippen LogP contribution is -2.08. The van der Waals surface area contributed by atoms with Gasteiger partial charge in [0.2, 0.25) is 0 Å². The third-order valence-electron chi connectivity index (χ3n) is 3.05. The summed E-state index contributed by atoms with van der Waals surface area (Å²) in [5.74, 6) is 0.760. The van der Waals surface area contributed by atoms with Crippen molar-refractivity contribution in [3.05, 3.63) is 59.5 Å². The number of esters is 1. The van der Waals surface area contributed by atoms with E-state index in [0.717, 1.165) is 11.3 Å². The van der Waals surface area contributed by atoms with Gasteiger partial charge in [0.1, 0.15) is 17.2 Å². The molecule has 2 aromatic carbocycles. The first-order chi connectivity index (χ1) is 10.8. The standard InChI is InChI=1S/C16H12N2O3S/c1-20-13-6-4-12(5-7-13)16(19)21-14-8-2-11(3-9-14)15-10-22-18-17-15/h2-10H,1H3. The topological polar surface area (TPSA) is 61.3 Å². The number of hydrogen-bond acceptors (Lipinski definition) is 6. The Morgan fingerprint density at radius 3 is 2.27 bits per heavy atom. The van der Waals surface area contributed by atoms with Crippen molar-refractivity contribution in [1.82, 2.24) is 9.59 Å². The van der Waals surface area contributed by atoms with Gasteiger partial charge in [-0.3, -0.25) is 0 Å². The molecule has 5 nitrogen and oxygen atoms in total. The minimum absolute atomic E-state index is 0.411. The van der Waals surface area contributed by atoms with Crippen LogP contribution in [0.15, 0.2) is 53.9 Å². The molecule has 110 valence electrons. The minimum atomic E-state index is -0.411. The summed E-state index contributed by atoms with van der Waals surface area (Å²) < 4.78 is 14.2. The number of aromatic nitrogens is 2. The summed E-state index contributed by atoms with van der Waals surface area (Å²) in [6.45, 7) is 0. The summed E-state index contributed by atoms with van der Waals surface area (Å²) in [4.78, 5) is 12.0. The van der Waals surface area contributed by atoms with Crippen molar-refractivity contribution in [3.8, 4) is 22.8 Å². The third-order valence-corrected chi connectivity index (χ3v) is 3.55. The van der Waals surface area contributed by atoms with Crippen LogP contribution in [0.4, 0.5) is 0 Å². The summed E-state index contributed by atoms with van der Waals surface area (Å²) in [7, 11) is 1.58. The molecule has 0 spiro atoms. The normalized spacial score (nSPS) is 10.2. The van der Waals surface area contributed by atoms with Crippen LogP contribution in [0.25, 0.3) is 11.3 Å². The summed E-state index contributed by atoms with van der Waals surface area (Å²) >= 11 is 1.29. The zero-order valence-corrected chi connectivity index (χ0v) is 12.5. The molecule has 0 aliphatic heterocycles. The highest BCUT2D eigenvalue weighted by molar-refractivity contribution is 7.03. The molecule has 1 aromatic heterocycles. The molecular formula is C16H12N2O3S. The number of nitrogens with zero attached hydrogens (tertiary/aromatic N) is 2. The molecule has 0 atom stereocenters. The fourth-order valence-corrected chi connectivity index (χ4v) is 2.34. The van der Waals surface area contributed by atoms with Gasteiger partial charge in [-0.05, 0) is 60.1 Å². The molecule has 0 N–H and O–H groups in total. The Bertz CT molecular complexity index is 753. The van der Waals surface area contributed by atoms with Crippen molar-refractivity contribution in [3.63, 3.8) is 0 Å². The Morgan fingerprint density at radius 2 is 1.68 bits per heavy atom. The lowest BCUT2D eigenvalue weighted by molar-refractivity contribution is 0.0735. The molecule has 0 unspecified atom stereocenters. The van der Waals surface area contributed by atoms with Gasteiger partial charge in [0.25, 0.3) is 0 Å². The van der Waals surface area contributed by atoms with Crippen molar-refractivity contribution in [2.75, 3.05) is 7.11 Å². The zero-order valence-electron chi connectivity index (χ0n) is 11.7. The van der Waals surface area contributed by atoms with E-state index >= 15 is 0 Å². The van der Waals surface area contributed by atoms with E-state index in [1.807, 2.05) is 17.5 Å². The summed E-state index contributed by atoms with van der Waals surface area (Å²) in [6.07, 6.45) is 0. The van der Waals surface area contributed by atoms with Gasteiger partial charge in [-0.1, -0.05) is 4.49 Å². The van der Waals surface area contributed by atoms with E-state index in [1.54, 1.807) is 43.5 Å². The van der Waals surface area contributed by atoms with Crippen LogP contribution in [0.5, 0.6) is 11.5 Å². The average Bonchev–Trinajstić information content (AvgIpc) is 3.10. The van der Waals surface area contributed by atoms with Gasteiger partial charge >= 0.3 is 5.97 Å². The number of carbonyl (C=O) groups excluding carboxylic acids is 1. The van der Waals surface area contributed by atoms with E-state index in [2.05, 4.69) is 9.59 Å². The Balaban J connectivity index is 1.71. The van der Waals surface area contributed by atoms with Crippen LogP contribution in [0.1, 0.15) is 10.4 Å². The number of rotatable bonds is 4.